The highest BCUT2D eigenvalue weighted by Crippen LogP contribution is 2.60. The first-order chi connectivity index (χ1) is 6.22. The minimum atomic E-state index is 0.929. The number of hydrogen-bond donors (Lipinski definition) is 0. The monoisotopic (exact) mass is 180 g/mol. The minimum Gasteiger partial charge on any atom is -0.0654 e. The van der Waals surface area contributed by atoms with Crippen LogP contribution in [0.1, 0.15) is 52.9 Å². The van der Waals surface area contributed by atoms with E-state index in [2.05, 4.69) is 20.8 Å². The van der Waals surface area contributed by atoms with E-state index >= 15 is 0 Å². The summed E-state index contributed by atoms with van der Waals surface area (Å²) in [6.45, 7) is 7.06. The Morgan fingerprint density at radius 1 is 1.08 bits per heavy atom. The van der Waals surface area contributed by atoms with Crippen molar-refractivity contribution in [2.24, 2.45) is 29.6 Å². The average Bonchev–Trinajstić information content (AvgIpc) is 2.85. The predicted molar refractivity (Wildman–Crippen MR) is 57.6 cm³/mol. The third-order valence-corrected chi connectivity index (χ3v) is 3.94. The van der Waals surface area contributed by atoms with Crippen molar-refractivity contribution in [3.05, 3.63) is 0 Å². The van der Waals surface area contributed by atoms with Crippen molar-refractivity contribution in [1.29, 1.82) is 0 Å². The zero-order chi connectivity index (χ0) is 9.42. The normalized spacial score (nSPS) is 42.5. The van der Waals surface area contributed by atoms with Gasteiger partial charge in [-0.25, -0.2) is 0 Å². The maximum Gasteiger partial charge on any atom is -0.0352 e. The summed E-state index contributed by atoms with van der Waals surface area (Å²) in [6, 6.07) is 0. The van der Waals surface area contributed by atoms with Gasteiger partial charge in [0.25, 0.3) is 0 Å². The van der Waals surface area contributed by atoms with Gasteiger partial charge in [-0.1, -0.05) is 33.6 Å². The molecular weight excluding hydrogens is 156 g/mol. The number of rotatable bonds is 5. The van der Waals surface area contributed by atoms with Crippen LogP contribution >= 0.6 is 0 Å². The van der Waals surface area contributed by atoms with Gasteiger partial charge in [-0.15, -0.1) is 0 Å². The highest BCUT2D eigenvalue weighted by Gasteiger charge is 2.52. The Morgan fingerprint density at radius 3 is 2.31 bits per heavy atom. The van der Waals surface area contributed by atoms with Crippen LogP contribution in [-0.4, -0.2) is 0 Å². The van der Waals surface area contributed by atoms with Crippen molar-refractivity contribution in [2.75, 3.05) is 0 Å². The predicted octanol–water partition coefficient (Wildman–Crippen LogP) is 4.10. The molecule has 0 heterocycles. The lowest BCUT2D eigenvalue weighted by molar-refractivity contribution is 0.478. The molecule has 2 aliphatic rings. The van der Waals surface area contributed by atoms with Crippen LogP contribution in [0.4, 0.5) is 0 Å². The quantitative estimate of drug-likeness (QED) is 0.597. The third-order valence-electron chi connectivity index (χ3n) is 3.94. The lowest BCUT2D eigenvalue weighted by Gasteiger charge is -2.02. The van der Waals surface area contributed by atoms with Gasteiger partial charge in [0, 0.05) is 0 Å². The molecule has 2 fully saturated rings. The molecular formula is C13H24. The molecule has 13 heavy (non-hydrogen) atoms. The molecule has 0 saturated heterocycles. The fourth-order valence-electron chi connectivity index (χ4n) is 3.17. The van der Waals surface area contributed by atoms with Gasteiger partial charge >= 0.3 is 0 Å². The average molecular weight is 180 g/mol. The van der Waals surface area contributed by atoms with Crippen molar-refractivity contribution in [2.45, 2.75) is 52.9 Å². The standard InChI is InChI=1S/C13H24/c1-4-5-10-7-12(10)13-8-11(13)6-9(2)3/h9-13H,4-8H2,1-3H3. The number of hydrogen-bond acceptors (Lipinski definition) is 0. The smallest absolute Gasteiger partial charge is 0.0352 e. The summed E-state index contributed by atoms with van der Waals surface area (Å²) in [5.41, 5.74) is 0. The van der Waals surface area contributed by atoms with E-state index in [1.165, 1.54) is 31.1 Å². The van der Waals surface area contributed by atoms with E-state index in [1.54, 1.807) is 12.8 Å². The summed E-state index contributed by atoms with van der Waals surface area (Å²) in [7, 11) is 0. The Balaban J connectivity index is 1.65. The summed E-state index contributed by atoms with van der Waals surface area (Å²) in [4.78, 5) is 0. The van der Waals surface area contributed by atoms with Crippen molar-refractivity contribution < 1.29 is 0 Å². The van der Waals surface area contributed by atoms with Crippen LogP contribution in [-0.2, 0) is 0 Å². The van der Waals surface area contributed by atoms with E-state index in [0.29, 0.717) is 0 Å². The minimum absolute atomic E-state index is 0.929. The van der Waals surface area contributed by atoms with Crippen LogP contribution < -0.4 is 0 Å². The lowest BCUT2D eigenvalue weighted by Crippen LogP contribution is -1.93. The second-order valence-corrected chi connectivity index (χ2v) is 5.74. The first kappa shape index (κ1) is 9.55. The molecule has 2 aliphatic carbocycles. The van der Waals surface area contributed by atoms with Gasteiger partial charge in [0.2, 0.25) is 0 Å². The molecule has 0 nitrogen and oxygen atoms in total. The molecule has 0 aliphatic heterocycles. The maximum atomic E-state index is 2.37. The fraction of sp³-hybridized carbons (Fsp3) is 1.00. The molecule has 0 aromatic carbocycles. The Morgan fingerprint density at radius 2 is 1.69 bits per heavy atom. The molecule has 4 atom stereocenters. The van der Waals surface area contributed by atoms with Crippen molar-refractivity contribution in [3.8, 4) is 0 Å². The van der Waals surface area contributed by atoms with E-state index in [1.807, 2.05) is 0 Å². The van der Waals surface area contributed by atoms with Crippen molar-refractivity contribution >= 4 is 0 Å². The van der Waals surface area contributed by atoms with Crippen LogP contribution in [0.5, 0.6) is 0 Å². The molecule has 0 heteroatoms. The molecule has 0 bridgehead atoms. The second-order valence-electron chi connectivity index (χ2n) is 5.74. The van der Waals surface area contributed by atoms with Gasteiger partial charge in [-0.05, 0) is 48.9 Å². The molecule has 0 amide bonds. The lowest BCUT2D eigenvalue weighted by atomic mass is 10.0. The van der Waals surface area contributed by atoms with E-state index in [-0.39, 0.29) is 0 Å². The van der Waals surface area contributed by atoms with Crippen LogP contribution in [0.2, 0.25) is 0 Å². The van der Waals surface area contributed by atoms with Gasteiger partial charge in [-0.3, -0.25) is 0 Å². The van der Waals surface area contributed by atoms with Crippen LogP contribution in [0.25, 0.3) is 0 Å². The van der Waals surface area contributed by atoms with Crippen molar-refractivity contribution in [3.63, 3.8) is 0 Å². The van der Waals surface area contributed by atoms with E-state index in [9.17, 15) is 0 Å². The molecule has 0 aromatic rings. The van der Waals surface area contributed by atoms with Crippen LogP contribution in [0, 0.1) is 29.6 Å². The van der Waals surface area contributed by atoms with Crippen molar-refractivity contribution in [1.82, 2.24) is 0 Å². The molecule has 2 rings (SSSR count). The summed E-state index contributed by atoms with van der Waals surface area (Å²) in [6.07, 6.45) is 7.56. The summed E-state index contributed by atoms with van der Waals surface area (Å²) in [5.74, 6) is 5.54. The van der Waals surface area contributed by atoms with Gasteiger partial charge in [0.05, 0.1) is 0 Å². The Labute approximate surface area is 83.1 Å². The maximum absolute atomic E-state index is 2.37. The molecule has 0 spiro atoms. The fourth-order valence-corrected chi connectivity index (χ4v) is 3.17. The molecule has 2 saturated carbocycles. The zero-order valence-corrected chi connectivity index (χ0v) is 9.42. The highest BCUT2D eigenvalue weighted by atomic mass is 14.6. The first-order valence-electron chi connectivity index (χ1n) is 6.22. The van der Waals surface area contributed by atoms with Crippen LogP contribution in [0.3, 0.4) is 0 Å². The van der Waals surface area contributed by atoms with E-state index < -0.39 is 0 Å². The molecule has 0 aromatic heterocycles. The molecule has 4 unspecified atom stereocenters. The van der Waals surface area contributed by atoms with E-state index in [0.717, 1.165) is 17.8 Å². The Bertz CT molecular complexity index is 171. The Kier molecular flexibility index (Phi) is 2.67. The molecule has 0 N–H and O–H groups in total. The van der Waals surface area contributed by atoms with Gasteiger partial charge < -0.3 is 0 Å². The SMILES string of the molecule is CCCC1CC1C1CC1CC(C)C. The first-order valence-corrected chi connectivity index (χ1v) is 6.22. The van der Waals surface area contributed by atoms with Gasteiger partial charge in [0.1, 0.15) is 0 Å². The van der Waals surface area contributed by atoms with Gasteiger partial charge in [-0.2, -0.15) is 0 Å². The summed E-state index contributed by atoms with van der Waals surface area (Å²) >= 11 is 0. The molecule has 0 radical (unpaired) electrons. The summed E-state index contributed by atoms with van der Waals surface area (Å²) < 4.78 is 0. The van der Waals surface area contributed by atoms with Crippen LogP contribution in [0.15, 0.2) is 0 Å². The van der Waals surface area contributed by atoms with E-state index in [4.69, 9.17) is 0 Å². The Hall–Kier alpha value is 0. The highest BCUT2D eigenvalue weighted by molar-refractivity contribution is 5.01. The largest absolute Gasteiger partial charge is 0.0654 e. The third kappa shape index (κ3) is 2.27. The zero-order valence-electron chi connectivity index (χ0n) is 9.42. The van der Waals surface area contributed by atoms with Gasteiger partial charge in [0.15, 0.2) is 0 Å². The summed E-state index contributed by atoms with van der Waals surface area (Å²) in [5, 5.41) is 0. The second kappa shape index (κ2) is 3.63. The molecule has 76 valence electrons. The topological polar surface area (TPSA) is 0 Å².